The van der Waals surface area contributed by atoms with E-state index in [1.165, 1.54) is 0 Å². The van der Waals surface area contributed by atoms with Crippen molar-refractivity contribution in [2.45, 2.75) is 12.5 Å². The van der Waals surface area contributed by atoms with Gasteiger partial charge in [0.05, 0.1) is 4.47 Å². The van der Waals surface area contributed by atoms with E-state index in [0.717, 1.165) is 6.07 Å². The smallest absolute Gasteiger partial charge is 0.404 e. The number of hydrogen-bond donors (Lipinski definition) is 1. The number of nitrogen functional groups attached to an aromatic ring is 1. The van der Waals surface area contributed by atoms with Gasteiger partial charge in [-0.05, 0) is 28.1 Å². The number of benzene rings is 1. The van der Waals surface area contributed by atoms with Gasteiger partial charge in [0, 0.05) is 5.69 Å². The molecule has 0 heterocycles. The summed E-state index contributed by atoms with van der Waals surface area (Å²) >= 11 is 2.54. The molecule has 0 saturated carbocycles. The van der Waals surface area contributed by atoms with Gasteiger partial charge in [0.1, 0.15) is 5.56 Å². The molecule has 0 radical (unpaired) electrons. The molecule has 0 atom stereocenters. The Labute approximate surface area is 99.5 Å². The molecule has 0 unspecified atom stereocenters. The van der Waals surface area contributed by atoms with Crippen LogP contribution >= 0.6 is 15.9 Å². The van der Waals surface area contributed by atoms with Crippen LogP contribution in [0.2, 0.25) is 0 Å². The van der Waals surface area contributed by atoms with Gasteiger partial charge in [-0.25, -0.2) is 0 Å². The Morgan fingerprint density at radius 1 is 1.06 bits per heavy atom. The predicted octanol–water partition coefficient (Wildman–Crippen LogP) is 3.95. The molecule has 0 amide bonds. The number of nitrogens with two attached hydrogens (primary N) is 1. The second kappa shape index (κ2) is 4.28. The summed E-state index contributed by atoms with van der Waals surface area (Å²) in [7, 11) is 0. The lowest BCUT2D eigenvalue weighted by Gasteiger charge is -2.17. The number of halogens is 7. The van der Waals surface area contributed by atoms with Gasteiger partial charge in [-0.15, -0.1) is 13.2 Å². The van der Waals surface area contributed by atoms with Crippen LogP contribution in [0.4, 0.5) is 32.0 Å². The van der Waals surface area contributed by atoms with E-state index >= 15 is 0 Å². The second-order valence-electron chi connectivity index (χ2n) is 2.92. The van der Waals surface area contributed by atoms with E-state index in [4.69, 9.17) is 5.73 Å². The lowest BCUT2D eigenvalue weighted by molar-refractivity contribution is -0.276. The van der Waals surface area contributed by atoms with Crippen LogP contribution in [0, 0.1) is 0 Å². The minimum atomic E-state index is -5.22. The molecule has 17 heavy (non-hydrogen) atoms. The summed E-state index contributed by atoms with van der Waals surface area (Å²) in [5, 5.41) is 0. The van der Waals surface area contributed by atoms with Gasteiger partial charge in [-0.1, -0.05) is 0 Å². The van der Waals surface area contributed by atoms with Crippen molar-refractivity contribution < 1.29 is 31.1 Å². The van der Waals surface area contributed by atoms with Crippen molar-refractivity contribution in [3.63, 3.8) is 0 Å². The molecule has 0 fully saturated rings. The zero-order chi connectivity index (χ0) is 13.4. The summed E-state index contributed by atoms with van der Waals surface area (Å²) in [6.45, 7) is 0. The van der Waals surface area contributed by atoms with Crippen molar-refractivity contribution in [1.82, 2.24) is 0 Å². The summed E-state index contributed by atoms with van der Waals surface area (Å²) < 4.78 is 76.0. The van der Waals surface area contributed by atoms with Crippen LogP contribution in [-0.2, 0) is 6.18 Å². The Kier molecular flexibility index (Phi) is 3.51. The van der Waals surface area contributed by atoms with Crippen LogP contribution in [0.3, 0.4) is 0 Å². The average molecular weight is 324 g/mol. The monoisotopic (exact) mass is 323 g/mol. The van der Waals surface area contributed by atoms with E-state index < -0.39 is 28.3 Å². The highest BCUT2D eigenvalue weighted by molar-refractivity contribution is 9.10. The maximum absolute atomic E-state index is 12.5. The van der Waals surface area contributed by atoms with Gasteiger partial charge in [0.25, 0.3) is 0 Å². The Bertz CT molecular complexity index is 427. The molecule has 9 heteroatoms. The number of anilines is 1. The van der Waals surface area contributed by atoms with E-state index in [9.17, 15) is 26.3 Å². The van der Waals surface area contributed by atoms with E-state index in [1.807, 2.05) is 0 Å². The highest BCUT2D eigenvalue weighted by Crippen LogP contribution is 2.43. The van der Waals surface area contributed by atoms with Gasteiger partial charge in [0.15, 0.2) is 5.75 Å². The molecule has 1 aromatic carbocycles. The lowest BCUT2D eigenvalue weighted by atomic mass is 10.1. The third kappa shape index (κ3) is 3.69. The summed E-state index contributed by atoms with van der Waals surface area (Å²) in [5.41, 5.74) is 3.19. The van der Waals surface area contributed by atoms with Gasteiger partial charge in [0.2, 0.25) is 0 Å². The minimum Gasteiger partial charge on any atom is -0.404 e. The fourth-order valence-electron chi connectivity index (χ4n) is 1.04. The van der Waals surface area contributed by atoms with Crippen LogP contribution in [0.1, 0.15) is 5.56 Å². The van der Waals surface area contributed by atoms with Crippen molar-refractivity contribution in [3.05, 3.63) is 22.2 Å². The zero-order valence-corrected chi connectivity index (χ0v) is 9.37. The third-order valence-electron chi connectivity index (χ3n) is 1.59. The Morgan fingerprint density at radius 3 is 2.00 bits per heavy atom. The number of rotatable bonds is 1. The topological polar surface area (TPSA) is 35.2 Å². The predicted molar refractivity (Wildman–Crippen MR) is 50.2 cm³/mol. The first-order valence-corrected chi connectivity index (χ1v) is 4.72. The third-order valence-corrected chi connectivity index (χ3v) is 2.18. The van der Waals surface area contributed by atoms with E-state index in [0.29, 0.717) is 6.07 Å². The van der Waals surface area contributed by atoms with Gasteiger partial charge in [-0.2, -0.15) is 13.2 Å². The molecular formula is C8H4BrF6NO. The van der Waals surface area contributed by atoms with E-state index in [-0.39, 0.29) is 5.69 Å². The summed E-state index contributed by atoms with van der Waals surface area (Å²) in [6, 6.07) is 1.25. The van der Waals surface area contributed by atoms with Gasteiger partial charge < -0.3 is 10.5 Å². The molecule has 0 saturated heterocycles. The zero-order valence-electron chi connectivity index (χ0n) is 7.79. The van der Waals surface area contributed by atoms with E-state index in [1.54, 1.807) is 0 Å². The molecule has 1 rings (SSSR count). The fraction of sp³-hybridized carbons (Fsp3) is 0.250. The molecular weight excluding hydrogens is 320 g/mol. The maximum atomic E-state index is 12.5. The first-order valence-electron chi connectivity index (χ1n) is 3.92. The number of ether oxygens (including phenoxy) is 1. The number of hydrogen-bond acceptors (Lipinski definition) is 2. The lowest BCUT2D eigenvalue weighted by Crippen LogP contribution is -2.20. The normalized spacial score (nSPS) is 12.6. The largest absolute Gasteiger partial charge is 0.573 e. The molecule has 0 aliphatic carbocycles. The van der Waals surface area contributed by atoms with Gasteiger partial charge in [-0.3, -0.25) is 0 Å². The van der Waals surface area contributed by atoms with Crippen LogP contribution in [0.5, 0.6) is 5.75 Å². The molecule has 2 N–H and O–H groups in total. The maximum Gasteiger partial charge on any atom is 0.573 e. The first kappa shape index (κ1) is 13.9. The van der Waals surface area contributed by atoms with Crippen molar-refractivity contribution >= 4 is 21.6 Å². The summed E-state index contributed by atoms with van der Waals surface area (Å²) in [6.07, 6.45) is -10.2. The molecule has 0 aromatic heterocycles. The molecule has 2 nitrogen and oxygen atoms in total. The molecule has 0 aliphatic heterocycles. The van der Waals surface area contributed by atoms with Crippen LogP contribution in [0.25, 0.3) is 0 Å². The molecule has 1 aromatic rings. The number of alkyl halides is 6. The Hall–Kier alpha value is -1.12. The quantitative estimate of drug-likeness (QED) is 0.627. The Morgan fingerprint density at radius 2 is 1.59 bits per heavy atom. The summed E-state index contributed by atoms with van der Waals surface area (Å²) in [5.74, 6) is -1.36. The van der Waals surface area contributed by atoms with Crippen molar-refractivity contribution in [1.29, 1.82) is 0 Å². The highest BCUT2D eigenvalue weighted by atomic mass is 79.9. The standard InChI is InChI=1S/C8H4BrF6NO/c9-5-2-3(16)1-4(7(10,11)12)6(5)17-8(13,14)15/h1-2H,16H2. The van der Waals surface area contributed by atoms with Crippen molar-refractivity contribution in [2.24, 2.45) is 0 Å². The SMILES string of the molecule is Nc1cc(Br)c(OC(F)(F)F)c(C(F)(F)F)c1. The van der Waals surface area contributed by atoms with Crippen LogP contribution in [0.15, 0.2) is 16.6 Å². The molecule has 0 aliphatic rings. The second-order valence-corrected chi connectivity index (χ2v) is 3.78. The summed E-state index contributed by atoms with van der Waals surface area (Å²) in [4.78, 5) is 0. The highest BCUT2D eigenvalue weighted by Gasteiger charge is 2.40. The molecule has 0 bridgehead atoms. The van der Waals surface area contributed by atoms with Crippen LogP contribution < -0.4 is 10.5 Å². The molecule has 0 spiro atoms. The fourth-order valence-corrected chi connectivity index (χ4v) is 1.60. The average Bonchev–Trinajstić information content (AvgIpc) is 2.05. The van der Waals surface area contributed by atoms with Crippen LogP contribution in [-0.4, -0.2) is 6.36 Å². The van der Waals surface area contributed by atoms with Crippen molar-refractivity contribution in [2.75, 3.05) is 5.73 Å². The van der Waals surface area contributed by atoms with Crippen molar-refractivity contribution in [3.8, 4) is 5.75 Å². The first-order chi connectivity index (χ1) is 7.50. The Balaban J connectivity index is 3.36. The van der Waals surface area contributed by atoms with Gasteiger partial charge >= 0.3 is 12.5 Å². The van der Waals surface area contributed by atoms with E-state index in [2.05, 4.69) is 20.7 Å². The molecule has 96 valence electrons. The minimum absolute atomic E-state index is 0.335.